The molecule has 4 rings (SSSR count). The van der Waals surface area contributed by atoms with Crippen LogP contribution in [0, 0.1) is 6.92 Å². The van der Waals surface area contributed by atoms with Crippen molar-refractivity contribution in [2.24, 2.45) is 0 Å². The Hall–Kier alpha value is -2.42. The van der Waals surface area contributed by atoms with Gasteiger partial charge in [-0.3, -0.25) is 14.0 Å². The van der Waals surface area contributed by atoms with E-state index in [9.17, 15) is 13.2 Å². The molecule has 1 amide bonds. The third kappa shape index (κ3) is 4.98. The topological polar surface area (TPSA) is 70.2 Å². The van der Waals surface area contributed by atoms with Gasteiger partial charge in [-0.1, -0.05) is 23.8 Å². The molecule has 172 valence electrons. The first-order valence-corrected chi connectivity index (χ1v) is 12.6. The zero-order valence-corrected chi connectivity index (χ0v) is 19.6. The van der Waals surface area contributed by atoms with Crippen LogP contribution in [-0.2, 0) is 14.8 Å². The summed E-state index contributed by atoms with van der Waals surface area (Å²) in [6, 6.07) is 13.6. The summed E-state index contributed by atoms with van der Waals surface area (Å²) >= 11 is 0. The number of rotatable bonds is 6. The van der Waals surface area contributed by atoms with Crippen LogP contribution in [0.3, 0.4) is 0 Å². The molecule has 7 nitrogen and oxygen atoms in total. The van der Waals surface area contributed by atoms with Gasteiger partial charge < -0.3 is 9.64 Å². The summed E-state index contributed by atoms with van der Waals surface area (Å²) in [6.07, 6.45) is 2.54. The van der Waals surface area contributed by atoms with Crippen LogP contribution in [0.2, 0.25) is 0 Å². The highest BCUT2D eigenvalue weighted by Gasteiger charge is 2.27. The van der Waals surface area contributed by atoms with E-state index in [1.54, 1.807) is 29.2 Å². The van der Waals surface area contributed by atoms with E-state index in [2.05, 4.69) is 4.90 Å². The molecule has 0 spiro atoms. The minimum atomic E-state index is -3.77. The molecule has 0 bridgehead atoms. The van der Waals surface area contributed by atoms with E-state index >= 15 is 0 Å². The van der Waals surface area contributed by atoms with Gasteiger partial charge in [0.25, 0.3) is 15.9 Å². The predicted molar refractivity (Wildman–Crippen MR) is 125 cm³/mol. The fraction of sp³-hybridized carbons (Fsp3) is 0.458. The Balaban J connectivity index is 1.43. The number of sulfonamides is 1. The van der Waals surface area contributed by atoms with Crippen molar-refractivity contribution in [3.63, 3.8) is 0 Å². The van der Waals surface area contributed by atoms with Crippen molar-refractivity contribution in [1.82, 2.24) is 9.80 Å². The summed E-state index contributed by atoms with van der Waals surface area (Å²) in [5.41, 5.74) is 2.04. The van der Waals surface area contributed by atoms with Crippen LogP contribution >= 0.6 is 0 Å². The van der Waals surface area contributed by atoms with Gasteiger partial charge in [-0.25, -0.2) is 8.42 Å². The third-order valence-electron chi connectivity index (χ3n) is 6.28. The number of ether oxygens (including phenoxy) is 1. The van der Waals surface area contributed by atoms with E-state index in [1.807, 2.05) is 19.1 Å². The molecule has 0 radical (unpaired) electrons. The van der Waals surface area contributed by atoms with Crippen molar-refractivity contribution in [1.29, 1.82) is 0 Å². The smallest absolute Gasteiger partial charge is 0.264 e. The first-order valence-electron chi connectivity index (χ1n) is 11.1. The van der Waals surface area contributed by atoms with E-state index in [0.717, 1.165) is 44.6 Å². The quantitative estimate of drug-likeness (QED) is 0.667. The van der Waals surface area contributed by atoms with Gasteiger partial charge in [0.05, 0.1) is 16.7 Å². The number of benzene rings is 2. The Kier molecular flexibility index (Phi) is 6.83. The van der Waals surface area contributed by atoms with E-state index < -0.39 is 10.0 Å². The number of anilines is 1. The minimum Gasteiger partial charge on any atom is -0.377 e. The first kappa shape index (κ1) is 22.8. The molecule has 2 aliphatic heterocycles. The van der Waals surface area contributed by atoms with Gasteiger partial charge in [0.2, 0.25) is 0 Å². The van der Waals surface area contributed by atoms with Gasteiger partial charge in [0.1, 0.15) is 0 Å². The molecule has 0 aromatic heterocycles. The maximum absolute atomic E-state index is 13.2. The molecule has 0 N–H and O–H groups in total. The second-order valence-electron chi connectivity index (χ2n) is 8.56. The fourth-order valence-corrected chi connectivity index (χ4v) is 5.48. The van der Waals surface area contributed by atoms with Crippen LogP contribution < -0.4 is 4.31 Å². The van der Waals surface area contributed by atoms with Gasteiger partial charge in [-0.15, -0.1) is 0 Å². The van der Waals surface area contributed by atoms with Gasteiger partial charge in [0, 0.05) is 51.9 Å². The van der Waals surface area contributed by atoms with E-state index in [4.69, 9.17) is 4.74 Å². The number of piperazine rings is 1. The molecule has 2 fully saturated rings. The molecule has 8 heteroatoms. The summed E-state index contributed by atoms with van der Waals surface area (Å²) in [5.74, 6) is -0.128. The lowest BCUT2D eigenvalue weighted by Gasteiger charge is -2.35. The molecule has 0 saturated carbocycles. The maximum atomic E-state index is 13.2. The lowest BCUT2D eigenvalue weighted by molar-refractivity contribution is 0.0432. The lowest BCUT2D eigenvalue weighted by atomic mass is 10.1. The van der Waals surface area contributed by atoms with Gasteiger partial charge in [0.15, 0.2) is 0 Å². The van der Waals surface area contributed by atoms with E-state index in [0.29, 0.717) is 30.4 Å². The van der Waals surface area contributed by atoms with Crippen molar-refractivity contribution in [2.75, 3.05) is 50.7 Å². The normalized spacial score (nSPS) is 19.8. The summed E-state index contributed by atoms with van der Waals surface area (Å²) < 4.78 is 33.3. The highest BCUT2D eigenvalue weighted by molar-refractivity contribution is 7.92. The average Bonchev–Trinajstić information content (AvgIpc) is 3.32. The number of carbonyl (C=O) groups excluding carboxylic acids is 1. The minimum absolute atomic E-state index is 0.114. The molecule has 2 saturated heterocycles. The summed E-state index contributed by atoms with van der Waals surface area (Å²) in [7, 11) is -2.24. The van der Waals surface area contributed by atoms with Crippen molar-refractivity contribution in [3.8, 4) is 0 Å². The van der Waals surface area contributed by atoms with Crippen LogP contribution in [0.15, 0.2) is 53.4 Å². The van der Waals surface area contributed by atoms with Gasteiger partial charge >= 0.3 is 0 Å². The molecule has 2 aromatic carbocycles. The standard InChI is InChI=1S/C24H31N3O4S/c1-19-8-10-21(11-9-19)25(2)32(29,30)23-7-3-5-20(17-23)24(28)27-14-12-26(13-15-27)18-22-6-4-16-31-22/h3,5,7-11,17,22H,4,6,12-16,18H2,1-2H3. The Morgan fingerprint density at radius 1 is 1.09 bits per heavy atom. The Morgan fingerprint density at radius 3 is 2.47 bits per heavy atom. The second kappa shape index (κ2) is 9.60. The Bertz CT molecular complexity index is 1040. The highest BCUT2D eigenvalue weighted by Crippen LogP contribution is 2.24. The zero-order chi connectivity index (χ0) is 22.7. The predicted octanol–water partition coefficient (Wildman–Crippen LogP) is 2.76. The molecule has 1 atom stereocenters. The number of aryl methyl sites for hydroxylation is 1. The number of nitrogens with zero attached hydrogens (tertiary/aromatic N) is 3. The molecule has 2 aromatic rings. The third-order valence-corrected chi connectivity index (χ3v) is 8.06. The number of carbonyl (C=O) groups is 1. The van der Waals surface area contributed by atoms with Crippen molar-refractivity contribution in [3.05, 3.63) is 59.7 Å². The van der Waals surface area contributed by atoms with E-state index in [-0.39, 0.29) is 10.8 Å². The zero-order valence-electron chi connectivity index (χ0n) is 18.7. The Morgan fingerprint density at radius 2 is 1.81 bits per heavy atom. The van der Waals surface area contributed by atoms with Crippen molar-refractivity contribution < 1.29 is 17.9 Å². The van der Waals surface area contributed by atoms with Crippen molar-refractivity contribution >= 4 is 21.6 Å². The summed E-state index contributed by atoms with van der Waals surface area (Å²) in [4.78, 5) is 17.3. The molecular weight excluding hydrogens is 426 g/mol. The van der Waals surface area contributed by atoms with E-state index in [1.165, 1.54) is 23.5 Å². The molecule has 1 unspecified atom stereocenters. The average molecular weight is 458 g/mol. The highest BCUT2D eigenvalue weighted by atomic mass is 32.2. The van der Waals surface area contributed by atoms with Crippen LogP contribution in [0.1, 0.15) is 28.8 Å². The molecular formula is C24H31N3O4S. The Labute approximate surface area is 190 Å². The summed E-state index contributed by atoms with van der Waals surface area (Å²) in [6.45, 7) is 6.59. The SMILES string of the molecule is Cc1ccc(N(C)S(=O)(=O)c2cccc(C(=O)N3CCN(CC4CCCO4)CC3)c2)cc1. The number of amides is 1. The van der Waals surface area contributed by atoms with Crippen LogP contribution in [-0.4, -0.2) is 76.6 Å². The largest absolute Gasteiger partial charge is 0.377 e. The number of hydrogen-bond donors (Lipinski definition) is 0. The second-order valence-corrected chi connectivity index (χ2v) is 10.5. The summed E-state index contributed by atoms with van der Waals surface area (Å²) in [5, 5.41) is 0. The molecule has 2 heterocycles. The maximum Gasteiger partial charge on any atom is 0.264 e. The molecule has 2 aliphatic rings. The van der Waals surface area contributed by atoms with Crippen LogP contribution in [0.4, 0.5) is 5.69 Å². The van der Waals surface area contributed by atoms with Crippen molar-refractivity contribution in [2.45, 2.75) is 30.8 Å². The number of hydrogen-bond acceptors (Lipinski definition) is 5. The van der Waals surface area contributed by atoms with Gasteiger partial charge in [-0.05, 0) is 50.1 Å². The monoisotopic (exact) mass is 457 g/mol. The van der Waals surface area contributed by atoms with Crippen LogP contribution in [0.5, 0.6) is 0 Å². The molecule has 32 heavy (non-hydrogen) atoms. The first-order chi connectivity index (χ1) is 15.3. The van der Waals surface area contributed by atoms with Crippen LogP contribution in [0.25, 0.3) is 0 Å². The fourth-order valence-electron chi connectivity index (χ4n) is 4.23. The van der Waals surface area contributed by atoms with Gasteiger partial charge in [-0.2, -0.15) is 0 Å². The lowest BCUT2D eigenvalue weighted by Crippen LogP contribution is -2.50. The molecule has 0 aliphatic carbocycles.